The van der Waals surface area contributed by atoms with E-state index in [1.807, 2.05) is 13.0 Å². The zero-order valence-corrected chi connectivity index (χ0v) is 13.1. The third kappa shape index (κ3) is 3.46. The van der Waals surface area contributed by atoms with Gasteiger partial charge in [-0.1, -0.05) is 28.1 Å². The minimum absolute atomic E-state index is 0.0623. The summed E-state index contributed by atoms with van der Waals surface area (Å²) in [5.74, 6) is -0.381. The standard InChI is InChI=1S/C15H13BrN2O3/c1-9-4-6-12(8-13(9)16)17-15(19)11-5-3-10(2)14(7-11)18(20)21/h3-8H,1-2H3,(H,17,19). The molecule has 0 unspecified atom stereocenters. The molecule has 21 heavy (non-hydrogen) atoms. The molecule has 0 saturated heterocycles. The third-order valence-electron chi connectivity index (χ3n) is 3.10. The molecule has 0 bridgehead atoms. The van der Waals surface area contributed by atoms with Crippen LogP contribution in [-0.4, -0.2) is 10.8 Å². The number of carbonyl (C=O) groups excluding carboxylic acids is 1. The molecule has 5 nitrogen and oxygen atoms in total. The maximum absolute atomic E-state index is 12.1. The average Bonchev–Trinajstić information content (AvgIpc) is 2.43. The quantitative estimate of drug-likeness (QED) is 0.666. The SMILES string of the molecule is Cc1ccc(NC(=O)c2ccc(C)c([N+](=O)[O-])c2)cc1Br. The van der Waals surface area contributed by atoms with Crippen molar-refractivity contribution in [3.05, 3.63) is 67.7 Å². The lowest BCUT2D eigenvalue weighted by atomic mass is 10.1. The molecule has 0 aliphatic rings. The highest BCUT2D eigenvalue weighted by Crippen LogP contribution is 2.23. The van der Waals surface area contributed by atoms with Gasteiger partial charge in [-0.05, 0) is 37.6 Å². The summed E-state index contributed by atoms with van der Waals surface area (Å²) in [5, 5.41) is 13.6. The number of nitrogens with one attached hydrogen (secondary N) is 1. The summed E-state index contributed by atoms with van der Waals surface area (Å²) in [4.78, 5) is 22.6. The van der Waals surface area contributed by atoms with Gasteiger partial charge in [-0.2, -0.15) is 0 Å². The number of anilines is 1. The molecule has 1 N–H and O–H groups in total. The molecule has 6 heteroatoms. The Hall–Kier alpha value is -2.21. The van der Waals surface area contributed by atoms with Gasteiger partial charge in [0, 0.05) is 27.4 Å². The molecular weight excluding hydrogens is 336 g/mol. The van der Waals surface area contributed by atoms with Crippen molar-refractivity contribution in [3.8, 4) is 0 Å². The smallest absolute Gasteiger partial charge is 0.273 e. The molecule has 2 aromatic rings. The van der Waals surface area contributed by atoms with Gasteiger partial charge in [-0.25, -0.2) is 0 Å². The molecule has 2 rings (SSSR count). The molecule has 0 heterocycles. The van der Waals surface area contributed by atoms with Crippen LogP contribution < -0.4 is 5.32 Å². The van der Waals surface area contributed by atoms with Crippen molar-refractivity contribution in [3.63, 3.8) is 0 Å². The first-order valence-electron chi connectivity index (χ1n) is 6.21. The molecule has 0 aliphatic carbocycles. The third-order valence-corrected chi connectivity index (χ3v) is 3.95. The van der Waals surface area contributed by atoms with Crippen molar-refractivity contribution in [1.82, 2.24) is 0 Å². The van der Waals surface area contributed by atoms with Gasteiger partial charge in [0.05, 0.1) is 4.92 Å². The first-order valence-corrected chi connectivity index (χ1v) is 7.00. The van der Waals surface area contributed by atoms with E-state index in [1.165, 1.54) is 6.07 Å². The summed E-state index contributed by atoms with van der Waals surface area (Å²) in [7, 11) is 0. The summed E-state index contributed by atoms with van der Waals surface area (Å²) in [6.45, 7) is 3.58. The van der Waals surface area contributed by atoms with Crippen LogP contribution in [0.25, 0.3) is 0 Å². The number of carbonyl (C=O) groups is 1. The van der Waals surface area contributed by atoms with Crippen molar-refractivity contribution in [2.24, 2.45) is 0 Å². The number of halogens is 1. The van der Waals surface area contributed by atoms with Gasteiger partial charge in [0.2, 0.25) is 0 Å². The van der Waals surface area contributed by atoms with Crippen molar-refractivity contribution >= 4 is 33.2 Å². The zero-order chi connectivity index (χ0) is 15.6. The number of nitro groups is 1. The normalized spacial score (nSPS) is 10.2. The van der Waals surface area contributed by atoms with E-state index in [0.29, 0.717) is 11.3 Å². The Morgan fingerprint density at radius 2 is 1.81 bits per heavy atom. The van der Waals surface area contributed by atoms with E-state index in [9.17, 15) is 14.9 Å². The van der Waals surface area contributed by atoms with E-state index in [2.05, 4.69) is 21.2 Å². The minimum atomic E-state index is -0.491. The molecule has 0 spiro atoms. The van der Waals surface area contributed by atoms with E-state index in [0.717, 1.165) is 10.0 Å². The molecular formula is C15H13BrN2O3. The molecule has 0 radical (unpaired) electrons. The molecule has 0 aromatic heterocycles. The Morgan fingerprint density at radius 1 is 1.14 bits per heavy atom. The monoisotopic (exact) mass is 348 g/mol. The number of hydrogen-bond acceptors (Lipinski definition) is 3. The van der Waals surface area contributed by atoms with Gasteiger partial charge in [0.25, 0.3) is 11.6 Å². The van der Waals surface area contributed by atoms with E-state index in [4.69, 9.17) is 0 Å². The fourth-order valence-electron chi connectivity index (χ4n) is 1.82. The number of aryl methyl sites for hydroxylation is 2. The second-order valence-electron chi connectivity index (χ2n) is 4.68. The maximum Gasteiger partial charge on any atom is 0.273 e. The fraction of sp³-hybridized carbons (Fsp3) is 0.133. The highest BCUT2D eigenvalue weighted by atomic mass is 79.9. The van der Waals surface area contributed by atoms with Crippen LogP contribution in [0.4, 0.5) is 11.4 Å². The second kappa shape index (κ2) is 6.05. The highest BCUT2D eigenvalue weighted by Gasteiger charge is 2.15. The Labute approximate surface area is 130 Å². The number of nitrogens with zero attached hydrogens (tertiary/aromatic N) is 1. The summed E-state index contributed by atoms with van der Waals surface area (Å²) in [6.07, 6.45) is 0. The van der Waals surface area contributed by atoms with Crippen LogP contribution in [0.15, 0.2) is 40.9 Å². The summed E-state index contributed by atoms with van der Waals surface area (Å²) >= 11 is 3.39. The van der Waals surface area contributed by atoms with Gasteiger partial charge in [-0.3, -0.25) is 14.9 Å². The number of amides is 1. The van der Waals surface area contributed by atoms with Crippen LogP contribution in [0, 0.1) is 24.0 Å². The van der Waals surface area contributed by atoms with Gasteiger partial charge in [0.1, 0.15) is 0 Å². The molecule has 0 saturated carbocycles. The van der Waals surface area contributed by atoms with Crippen LogP contribution in [0.1, 0.15) is 21.5 Å². The lowest BCUT2D eigenvalue weighted by Crippen LogP contribution is -2.12. The van der Waals surface area contributed by atoms with Crippen molar-refractivity contribution in [2.45, 2.75) is 13.8 Å². The van der Waals surface area contributed by atoms with Crippen LogP contribution >= 0.6 is 15.9 Å². The summed E-state index contributed by atoms with van der Waals surface area (Å²) in [6, 6.07) is 9.86. The topological polar surface area (TPSA) is 72.2 Å². The number of rotatable bonds is 3. The van der Waals surface area contributed by atoms with Crippen LogP contribution in [-0.2, 0) is 0 Å². The van der Waals surface area contributed by atoms with Gasteiger partial charge >= 0.3 is 0 Å². The lowest BCUT2D eigenvalue weighted by Gasteiger charge is -2.07. The van der Waals surface area contributed by atoms with E-state index >= 15 is 0 Å². The fourth-order valence-corrected chi connectivity index (χ4v) is 2.20. The molecule has 2 aromatic carbocycles. The van der Waals surface area contributed by atoms with Crippen LogP contribution in [0.2, 0.25) is 0 Å². The zero-order valence-electron chi connectivity index (χ0n) is 11.5. The molecule has 1 amide bonds. The van der Waals surface area contributed by atoms with Gasteiger partial charge in [0.15, 0.2) is 0 Å². The molecule has 0 atom stereocenters. The number of hydrogen-bond donors (Lipinski definition) is 1. The lowest BCUT2D eigenvalue weighted by molar-refractivity contribution is -0.385. The first kappa shape index (κ1) is 15.2. The summed E-state index contributed by atoms with van der Waals surface area (Å²) < 4.78 is 0.884. The number of benzene rings is 2. The molecule has 0 fully saturated rings. The highest BCUT2D eigenvalue weighted by molar-refractivity contribution is 9.10. The minimum Gasteiger partial charge on any atom is -0.322 e. The van der Waals surface area contributed by atoms with E-state index in [1.54, 1.807) is 31.2 Å². The number of nitro benzene ring substituents is 1. The van der Waals surface area contributed by atoms with Gasteiger partial charge in [-0.15, -0.1) is 0 Å². The largest absolute Gasteiger partial charge is 0.322 e. The van der Waals surface area contributed by atoms with Crippen LogP contribution in [0.3, 0.4) is 0 Å². The predicted molar refractivity (Wildman–Crippen MR) is 84.7 cm³/mol. The Morgan fingerprint density at radius 3 is 2.43 bits per heavy atom. The average molecular weight is 349 g/mol. The van der Waals surface area contributed by atoms with E-state index < -0.39 is 4.92 Å². The Bertz CT molecular complexity index is 729. The van der Waals surface area contributed by atoms with Crippen molar-refractivity contribution in [2.75, 3.05) is 5.32 Å². The van der Waals surface area contributed by atoms with Crippen molar-refractivity contribution in [1.29, 1.82) is 0 Å². The van der Waals surface area contributed by atoms with Gasteiger partial charge < -0.3 is 5.32 Å². The Balaban J connectivity index is 2.26. The predicted octanol–water partition coefficient (Wildman–Crippen LogP) is 4.23. The second-order valence-corrected chi connectivity index (χ2v) is 5.53. The maximum atomic E-state index is 12.1. The first-order chi connectivity index (χ1) is 9.88. The van der Waals surface area contributed by atoms with E-state index in [-0.39, 0.29) is 17.2 Å². The summed E-state index contributed by atoms with van der Waals surface area (Å²) in [5.41, 5.74) is 2.39. The Kier molecular flexibility index (Phi) is 4.37. The molecule has 108 valence electrons. The van der Waals surface area contributed by atoms with Crippen molar-refractivity contribution < 1.29 is 9.72 Å². The molecule has 0 aliphatic heterocycles. The van der Waals surface area contributed by atoms with Crippen LogP contribution in [0.5, 0.6) is 0 Å².